The first-order chi connectivity index (χ1) is 17.8. The van der Waals surface area contributed by atoms with Crippen LogP contribution in [-0.2, 0) is 19.1 Å². The Morgan fingerprint density at radius 2 is 1.53 bits per heavy atom. The third-order valence-electron chi connectivity index (χ3n) is 8.25. The van der Waals surface area contributed by atoms with Gasteiger partial charge in [-0.2, -0.15) is 0 Å². The van der Waals surface area contributed by atoms with Gasteiger partial charge in [-0.15, -0.1) is 13.2 Å². The van der Waals surface area contributed by atoms with E-state index in [2.05, 4.69) is 15.4 Å². The van der Waals surface area contributed by atoms with Crippen molar-refractivity contribution in [2.24, 2.45) is 0 Å². The fourth-order valence-electron chi connectivity index (χ4n) is 5.96. The molecular formula is C25H29F5N2O6. The Labute approximate surface area is 215 Å². The molecule has 1 aromatic rings. The van der Waals surface area contributed by atoms with Gasteiger partial charge in [-0.3, -0.25) is 14.3 Å². The number of aliphatic hydroxyl groups is 1. The summed E-state index contributed by atoms with van der Waals surface area (Å²) in [7, 11) is 0. The van der Waals surface area contributed by atoms with Crippen molar-refractivity contribution in [1.29, 1.82) is 0 Å². The van der Waals surface area contributed by atoms with E-state index in [1.165, 1.54) is 0 Å². The van der Waals surface area contributed by atoms with Gasteiger partial charge < -0.3 is 25.2 Å². The first-order valence-corrected chi connectivity index (χ1v) is 12.7. The minimum atomic E-state index is -4.68. The Kier molecular flexibility index (Phi) is 7.06. The molecule has 8 nitrogen and oxygen atoms in total. The Morgan fingerprint density at radius 1 is 0.947 bits per heavy atom. The van der Waals surface area contributed by atoms with Crippen molar-refractivity contribution in [3.05, 3.63) is 29.3 Å². The average Bonchev–Trinajstić information content (AvgIpc) is 2.82. The molecule has 2 atom stereocenters. The predicted octanol–water partition coefficient (Wildman–Crippen LogP) is 3.31. The van der Waals surface area contributed by atoms with Crippen LogP contribution in [0.1, 0.15) is 69.5 Å². The van der Waals surface area contributed by atoms with Crippen molar-refractivity contribution < 1.29 is 50.9 Å². The number of aliphatic hydroxyl groups excluding tert-OH is 1. The number of benzene rings is 1. The number of hydrogen-bond acceptors (Lipinski definition) is 6. The highest BCUT2D eigenvalue weighted by atomic mass is 19.4. The van der Waals surface area contributed by atoms with Gasteiger partial charge >= 0.3 is 6.36 Å². The van der Waals surface area contributed by atoms with Gasteiger partial charge in [-0.25, -0.2) is 8.78 Å². The Morgan fingerprint density at radius 3 is 2.13 bits per heavy atom. The van der Waals surface area contributed by atoms with Crippen molar-refractivity contribution in [2.75, 3.05) is 6.61 Å². The average molecular weight is 549 g/mol. The third-order valence-corrected chi connectivity index (χ3v) is 8.25. The molecule has 210 valence electrons. The van der Waals surface area contributed by atoms with Gasteiger partial charge in [0.15, 0.2) is 17.7 Å². The molecule has 4 fully saturated rings. The molecule has 1 aromatic carbocycles. The molecular weight excluding hydrogens is 519 g/mol. The molecule has 1 heterocycles. The molecule has 0 saturated heterocycles. The lowest BCUT2D eigenvalue weighted by molar-refractivity contribution is -0.357. The van der Waals surface area contributed by atoms with Crippen LogP contribution in [0.3, 0.4) is 0 Å². The van der Waals surface area contributed by atoms with Crippen LogP contribution in [0.2, 0.25) is 0 Å². The minimum absolute atomic E-state index is 0.0677. The van der Waals surface area contributed by atoms with Gasteiger partial charge in [0, 0.05) is 42.0 Å². The SMILES string of the molecule is O=C(CO[C@H]1C[C@@H](OC(F)(F)F)C1)NC12CCC(NC(=O)[C@H]3C[C@@H](O)c4cc(F)c(F)cc4O3)(CC1)CC2. The van der Waals surface area contributed by atoms with E-state index < -0.39 is 59.4 Å². The summed E-state index contributed by atoms with van der Waals surface area (Å²) in [6.45, 7) is -0.250. The summed E-state index contributed by atoms with van der Waals surface area (Å²) in [5, 5.41) is 16.4. The second-order valence-electron chi connectivity index (χ2n) is 10.9. The maximum absolute atomic E-state index is 13.6. The predicted molar refractivity (Wildman–Crippen MR) is 120 cm³/mol. The van der Waals surface area contributed by atoms with E-state index >= 15 is 0 Å². The Bertz CT molecular complexity index is 1070. The lowest BCUT2D eigenvalue weighted by atomic mass is 9.61. The van der Waals surface area contributed by atoms with Crippen molar-refractivity contribution in [2.45, 2.75) is 99.6 Å². The standard InChI is InChI=1S/C25H29F5N2O6/c26-16-9-15-18(33)11-20(37-19(15)10-17(16)27)22(35)32-24-4-1-23(2-5-24,3-6-24)31-21(34)12-36-13-7-14(8-13)38-25(28,29)30/h9-10,13-14,18,20,33H,1-8,11-12H2,(H,31,34)(H,32,35)/t13-,14+,18-,20-,23?,24?/m1/s1. The molecule has 6 rings (SSSR count). The van der Waals surface area contributed by atoms with Gasteiger partial charge in [0.05, 0.1) is 18.3 Å². The van der Waals surface area contributed by atoms with Gasteiger partial charge in [-0.05, 0) is 44.6 Å². The second kappa shape index (κ2) is 9.91. The zero-order chi connectivity index (χ0) is 27.3. The molecule has 38 heavy (non-hydrogen) atoms. The summed E-state index contributed by atoms with van der Waals surface area (Å²) in [4.78, 5) is 25.5. The summed E-state index contributed by atoms with van der Waals surface area (Å²) >= 11 is 0. The number of rotatable bonds is 7. The van der Waals surface area contributed by atoms with Crippen LogP contribution >= 0.6 is 0 Å². The Hall–Kier alpha value is -2.51. The summed E-state index contributed by atoms with van der Waals surface area (Å²) in [6, 6.07) is 1.70. The van der Waals surface area contributed by atoms with Crippen molar-refractivity contribution in [3.63, 3.8) is 0 Å². The lowest BCUT2D eigenvalue weighted by Gasteiger charge is -2.54. The fourth-order valence-corrected chi connectivity index (χ4v) is 5.96. The second-order valence-corrected chi connectivity index (χ2v) is 10.9. The van der Waals surface area contributed by atoms with Crippen molar-refractivity contribution in [3.8, 4) is 5.75 Å². The van der Waals surface area contributed by atoms with E-state index in [9.17, 15) is 36.6 Å². The zero-order valence-electron chi connectivity index (χ0n) is 20.4. The first-order valence-electron chi connectivity index (χ1n) is 12.7. The normalized spacial score (nSPS) is 34.1. The van der Waals surface area contributed by atoms with E-state index in [4.69, 9.17) is 9.47 Å². The molecule has 2 bridgehead atoms. The van der Waals surface area contributed by atoms with Crippen LogP contribution in [0.5, 0.6) is 5.75 Å². The smallest absolute Gasteiger partial charge is 0.480 e. The number of ether oxygens (including phenoxy) is 3. The van der Waals surface area contributed by atoms with E-state index in [1.807, 2.05) is 0 Å². The van der Waals surface area contributed by atoms with Crippen LogP contribution in [0.4, 0.5) is 22.0 Å². The maximum Gasteiger partial charge on any atom is 0.522 e. The molecule has 4 saturated carbocycles. The van der Waals surface area contributed by atoms with E-state index in [0.29, 0.717) is 38.5 Å². The number of carbonyl (C=O) groups excluding carboxylic acids is 2. The summed E-state index contributed by atoms with van der Waals surface area (Å²) in [6.07, 6.45) is -4.58. The topological polar surface area (TPSA) is 106 Å². The third kappa shape index (κ3) is 5.74. The number of halogens is 5. The molecule has 0 radical (unpaired) electrons. The molecule has 13 heteroatoms. The number of nitrogens with one attached hydrogen (secondary N) is 2. The van der Waals surface area contributed by atoms with E-state index in [0.717, 1.165) is 12.1 Å². The molecule has 3 N–H and O–H groups in total. The Balaban J connectivity index is 1.08. The number of fused-ring (bicyclic) bond motifs is 4. The molecule has 1 aliphatic heterocycles. The first kappa shape index (κ1) is 27.1. The highest BCUT2D eigenvalue weighted by Crippen LogP contribution is 2.47. The van der Waals surface area contributed by atoms with Crippen molar-refractivity contribution >= 4 is 11.8 Å². The summed E-state index contributed by atoms with van der Waals surface area (Å²) in [5.74, 6) is -3.09. The number of hydrogen-bond donors (Lipinski definition) is 3. The minimum Gasteiger partial charge on any atom is -0.480 e. The molecule has 0 unspecified atom stereocenters. The highest BCUT2D eigenvalue weighted by molar-refractivity contribution is 5.82. The monoisotopic (exact) mass is 548 g/mol. The zero-order valence-corrected chi connectivity index (χ0v) is 20.4. The van der Waals surface area contributed by atoms with Crippen LogP contribution < -0.4 is 15.4 Å². The molecule has 0 spiro atoms. The quantitative estimate of drug-likeness (QED) is 0.452. The van der Waals surface area contributed by atoms with Gasteiger partial charge in [0.1, 0.15) is 12.4 Å². The van der Waals surface area contributed by atoms with Crippen LogP contribution in [0.25, 0.3) is 0 Å². The number of alkyl halides is 3. The highest BCUT2D eigenvalue weighted by Gasteiger charge is 2.51. The lowest BCUT2D eigenvalue weighted by Crippen LogP contribution is -2.65. The summed E-state index contributed by atoms with van der Waals surface area (Å²) < 4.78 is 78.7. The van der Waals surface area contributed by atoms with Gasteiger partial charge in [0.2, 0.25) is 5.91 Å². The molecule has 5 aliphatic rings. The largest absolute Gasteiger partial charge is 0.522 e. The fraction of sp³-hybridized carbons (Fsp3) is 0.680. The van der Waals surface area contributed by atoms with E-state index in [1.54, 1.807) is 0 Å². The maximum atomic E-state index is 13.6. The molecule has 4 aliphatic carbocycles. The van der Waals surface area contributed by atoms with E-state index in [-0.39, 0.29) is 43.1 Å². The molecule has 0 aromatic heterocycles. The summed E-state index contributed by atoms with van der Waals surface area (Å²) in [5.41, 5.74) is -0.841. The number of carbonyl (C=O) groups is 2. The van der Waals surface area contributed by atoms with Gasteiger partial charge in [0.25, 0.3) is 5.91 Å². The number of amides is 2. The van der Waals surface area contributed by atoms with Crippen molar-refractivity contribution in [1.82, 2.24) is 10.6 Å². The van der Waals surface area contributed by atoms with Crippen LogP contribution in [0.15, 0.2) is 12.1 Å². The van der Waals surface area contributed by atoms with Gasteiger partial charge in [-0.1, -0.05) is 0 Å². The molecule has 2 amide bonds. The van der Waals surface area contributed by atoms with Crippen LogP contribution in [0, 0.1) is 11.6 Å². The van der Waals surface area contributed by atoms with Crippen LogP contribution in [-0.4, -0.2) is 59.3 Å².